The van der Waals surface area contributed by atoms with Crippen LogP contribution >= 0.6 is 0 Å². The molecule has 6 heteroatoms. The molecule has 0 heterocycles. The average molecular weight is 384 g/mol. The maximum Gasteiger partial charge on any atom is 0.343 e. The van der Waals surface area contributed by atoms with Crippen molar-refractivity contribution in [1.82, 2.24) is 0 Å². The van der Waals surface area contributed by atoms with Gasteiger partial charge in [0.15, 0.2) is 0 Å². The van der Waals surface area contributed by atoms with Crippen LogP contribution in [0.1, 0.15) is 28.8 Å². The highest BCUT2D eigenvalue weighted by atomic mass is 16.5. The van der Waals surface area contributed by atoms with Gasteiger partial charge in [-0.05, 0) is 67.8 Å². The molecular formula is C22H24O6. The smallest absolute Gasteiger partial charge is 0.343 e. The number of hydrogen-bond acceptors (Lipinski definition) is 6. The van der Waals surface area contributed by atoms with Crippen LogP contribution in [0.5, 0.6) is 17.2 Å². The highest BCUT2D eigenvalue weighted by molar-refractivity contribution is 5.91. The van der Waals surface area contributed by atoms with Gasteiger partial charge in [-0.2, -0.15) is 0 Å². The van der Waals surface area contributed by atoms with Crippen LogP contribution in [-0.2, 0) is 9.53 Å². The van der Waals surface area contributed by atoms with Gasteiger partial charge < -0.3 is 18.9 Å². The van der Waals surface area contributed by atoms with Crippen molar-refractivity contribution in [2.75, 3.05) is 20.3 Å². The van der Waals surface area contributed by atoms with Crippen LogP contribution in [0.4, 0.5) is 0 Å². The van der Waals surface area contributed by atoms with E-state index < -0.39 is 11.9 Å². The molecule has 2 rings (SSSR count). The molecule has 0 aliphatic rings. The number of aryl methyl sites for hydroxylation is 1. The largest absolute Gasteiger partial charge is 0.497 e. The van der Waals surface area contributed by atoms with Gasteiger partial charge in [-0.15, -0.1) is 0 Å². The van der Waals surface area contributed by atoms with Crippen molar-refractivity contribution >= 4 is 11.9 Å². The van der Waals surface area contributed by atoms with Crippen molar-refractivity contribution in [2.45, 2.75) is 19.8 Å². The third kappa shape index (κ3) is 6.46. The summed E-state index contributed by atoms with van der Waals surface area (Å²) in [5, 5.41) is 0. The van der Waals surface area contributed by atoms with Crippen LogP contribution in [0.3, 0.4) is 0 Å². The zero-order valence-electron chi connectivity index (χ0n) is 16.1. The van der Waals surface area contributed by atoms with E-state index in [0.717, 1.165) is 18.1 Å². The molecule has 0 saturated carbocycles. The Morgan fingerprint density at radius 1 is 1.00 bits per heavy atom. The SMILES string of the molecule is C=CC(=O)OCCCCOc1ccc(C(=O)Oc2ccc(OC)cc2C)cc1. The highest BCUT2D eigenvalue weighted by Crippen LogP contribution is 2.24. The zero-order chi connectivity index (χ0) is 20.4. The van der Waals surface area contributed by atoms with E-state index in [1.807, 2.05) is 6.92 Å². The topological polar surface area (TPSA) is 71.1 Å². The average Bonchev–Trinajstić information content (AvgIpc) is 2.72. The maximum atomic E-state index is 12.3. The maximum absolute atomic E-state index is 12.3. The number of unbranched alkanes of at least 4 members (excludes halogenated alkanes) is 1. The zero-order valence-corrected chi connectivity index (χ0v) is 16.1. The minimum absolute atomic E-state index is 0.337. The second kappa shape index (κ2) is 10.8. The molecule has 0 unspecified atom stereocenters. The Bertz CT molecular complexity index is 810. The number of benzene rings is 2. The lowest BCUT2D eigenvalue weighted by Crippen LogP contribution is -2.09. The molecule has 0 saturated heterocycles. The molecule has 0 aromatic heterocycles. The number of carbonyl (C=O) groups is 2. The Morgan fingerprint density at radius 3 is 2.32 bits per heavy atom. The quantitative estimate of drug-likeness (QED) is 0.266. The van der Waals surface area contributed by atoms with E-state index in [-0.39, 0.29) is 0 Å². The van der Waals surface area contributed by atoms with Gasteiger partial charge in [0.1, 0.15) is 17.2 Å². The fraction of sp³-hybridized carbons (Fsp3) is 0.273. The lowest BCUT2D eigenvalue weighted by Gasteiger charge is -2.10. The van der Waals surface area contributed by atoms with Gasteiger partial charge in [0.25, 0.3) is 0 Å². The molecule has 28 heavy (non-hydrogen) atoms. The molecular weight excluding hydrogens is 360 g/mol. The van der Waals surface area contributed by atoms with Crippen LogP contribution in [-0.4, -0.2) is 32.3 Å². The highest BCUT2D eigenvalue weighted by Gasteiger charge is 2.11. The molecule has 0 aliphatic carbocycles. The van der Waals surface area contributed by atoms with Crippen molar-refractivity contribution in [3.8, 4) is 17.2 Å². The fourth-order valence-corrected chi connectivity index (χ4v) is 2.34. The fourth-order valence-electron chi connectivity index (χ4n) is 2.34. The first-order chi connectivity index (χ1) is 13.5. The summed E-state index contributed by atoms with van der Waals surface area (Å²) in [7, 11) is 1.59. The van der Waals surface area contributed by atoms with Gasteiger partial charge in [0, 0.05) is 6.08 Å². The molecule has 148 valence electrons. The Hall–Kier alpha value is -3.28. The number of rotatable bonds is 10. The van der Waals surface area contributed by atoms with Crippen LogP contribution in [0.15, 0.2) is 55.1 Å². The first-order valence-electron chi connectivity index (χ1n) is 8.92. The van der Waals surface area contributed by atoms with Gasteiger partial charge in [0.05, 0.1) is 25.9 Å². The number of carbonyl (C=O) groups excluding carboxylic acids is 2. The lowest BCUT2D eigenvalue weighted by molar-refractivity contribution is -0.137. The van der Waals surface area contributed by atoms with E-state index in [1.165, 1.54) is 0 Å². The second-order valence-electron chi connectivity index (χ2n) is 5.97. The molecule has 0 amide bonds. The van der Waals surface area contributed by atoms with Crippen LogP contribution in [0, 0.1) is 6.92 Å². The Balaban J connectivity index is 1.79. The van der Waals surface area contributed by atoms with E-state index in [4.69, 9.17) is 18.9 Å². The van der Waals surface area contributed by atoms with Crippen LogP contribution in [0.2, 0.25) is 0 Å². The standard InChI is InChI=1S/C22H24O6/c1-4-21(23)27-14-6-5-13-26-18-9-7-17(8-10-18)22(24)28-20-12-11-19(25-3)15-16(20)2/h4,7-12,15H,1,5-6,13-14H2,2-3H3. The lowest BCUT2D eigenvalue weighted by atomic mass is 10.2. The normalized spacial score (nSPS) is 10.1. The molecule has 0 aliphatic heterocycles. The summed E-state index contributed by atoms with van der Waals surface area (Å²) < 4.78 is 21.1. The Labute approximate surface area is 164 Å². The third-order valence-electron chi connectivity index (χ3n) is 3.89. The minimum Gasteiger partial charge on any atom is -0.497 e. The summed E-state index contributed by atoms with van der Waals surface area (Å²) >= 11 is 0. The molecule has 0 radical (unpaired) electrons. The summed E-state index contributed by atoms with van der Waals surface area (Å²) in [6, 6.07) is 12.0. The van der Waals surface area contributed by atoms with Gasteiger partial charge in [-0.3, -0.25) is 0 Å². The predicted molar refractivity (Wildman–Crippen MR) is 105 cm³/mol. The number of ether oxygens (including phenoxy) is 4. The van der Waals surface area contributed by atoms with Crippen LogP contribution < -0.4 is 14.2 Å². The summed E-state index contributed by atoms with van der Waals surface area (Å²) in [4.78, 5) is 23.2. The van der Waals surface area contributed by atoms with Crippen molar-refractivity contribution < 1.29 is 28.5 Å². The van der Waals surface area contributed by atoms with Gasteiger partial charge in [-0.1, -0.05) is 6.58 Å². The van der Waals surface area contributed by atoms with Crippen molar-refractivity contribution in [1.29, 1.82) is 0 Å². The predicted octanol–water partition coefficient (Wildman–Crippen LogP) is 4.11. The Kier molecular flexibility index (Phi) is 8.09. The van der Waals surface area contributed by atoms with Crippen molar-refractivity contribution in [3.63, 3.8) is 0 Å². The van der Waals surface area contributed by atoms with Gasteiger partial charge in [0.2, 0.25) is 0 Å². The summed E-state index contributed by atoms with van der Waals surface area (Å²) in [6.07, 6.45) is 2.58. The van der Waals surface area contributed by atoms with E-state index in [0.29, 0.717) is 42.4 Å². The summed E-state index contributed by atoms with van der Waals surface area (Å²) in [6.45, 7) is 6.00. The number of hydrogen-bond donors (Lipinski definition) is 0. The molecule has 0 atom stereocenters. The molecule has 6 nitrogen and oxygen atoms in total. The second-order valence-corrected chi connectivity index (χ2v) is 5.97. The van der Waals surface area contributed by atoms with E-state index in [9.17, 15) is 9.59 Å². The van der Waals surface area contributed by atoms with Crippen molar-refractivity contribution in [2.24, 2.45) is 0 Å². The minimum atomic E-state index is -0.441. The van der Waals surface area contributed by atoms with Gasteiger partial charge in [-0.25, -0.2) is 9.59 Å². The van der Waals surface area contributed by atoms with E-state index in [1.54, 1.807) is 49.6 Å². The van der Waals surface area contributed by atoms with E-state index >= 15 is 0 Å². The van der Waals surface area contributed by atoms with Crippen molar-refractivity contribution in [3.05, 3.63) is 66.2 Å². The molecule has 0 N–H and O–H groups in total. The monoisotopic (exact) mass is 384 g/mol. The van der Waals surface area contributed by atoms with Crippen LogP contribution in [0.25, 0.3) is 0 Å². The molecule has 0 bridgehead atoms. The molecule has 2 aromatic rings. The number of esters is 2. The molecule has 2 aromatic carbocycles. The summed E-state index contributed by atoms with van der Waals surface area (Å²) in [5.74, 6) is 0.985. The number of methoxy groups -OCH3 is 1. The first-order valence-corrected chi connectivity index (χ1v) is 8.92. The Morgan fingerprint density at radius 2 is 1.68 bits per heavy atom. The molecule has 0 fully saturated rings. The van der Waals surface area contributed by atoms with Gasteiger partial charge >= 0.3 is 11.9 Å². The third-order valence-corrected chi connectivity index (χ3v) is 3.89. The first kappa shape index (κ1) is 21.0. The molecule has 0 spiro atoms. The van der Waals surface area contributed by atoms with E-state index in [2.05, 4.69) is 6.58 Å². The summed E-state index contributed by atoms with van der Waals surface area (Å²) in [5.41, 5.74) is 1.24.